The van der Waals surface area contributed by atoms with Crippen LogP contribution in [0.15, 0.2) is 54.6 Å². The predicted molar refractivity (Wildman–Crippen MR) is 109 cm³/mol. The lowest BCUT2D eigenvalue weighted by Crippen LogP contribution is -2.34. The lowest BCUT2D eigenvalue weighted by Gasteiger charge is -2.25. The van der Waals surface area contributed by atoms with E-state index in [1.807, 2.05) is 18.2 Å². The molecule has 2 N–H and O–H groups in total. The van der Waals surface area contributed by atoms with Gasteiger partial charge in [0.2, 0.25) is 0 Å². The van der Waals surface area contributed by atoms with Crippen LogP contribution in [0.4, 0.5) is 0 Å². The van der Waals surface area contributed by atoms with Crippen molar-refractivity contribution in [3.05, 3.63) is 60.2 Å². The first-order valence-electron chi connectivity index (χ1n) is 10.2. The van der Waals surface area contributed by atoms with Gasteiger partial charge in [-0.2, -0.15) is 0 Å². The minimum absolute atomic E-state index is 0.00348. The van der Waals surface area contributed by atoms with E-state index in [1.165, 1.54) is 5.56 Å². The van der Waals surface area contributed by atoms with Crippen LogP contribution in [0.2, 0.25) is 0 Å². The molecule has 1 saturated carbocycles. The average Bonchev–Trinajstić information content (AvgIpc) is 3.22. The fourth-order valence-electron chi connectivity index (χ4n) is 4.50. The fourth-order valence-corrected chi connectivity index (χ4v) is 4.50. The van der Waals surface area contributed by atoms with Crippen LogP contribution < -0.4 is 0 Å². The zero-order valence-electron chi connectivity index (χ0n) is 16.1. The summed E-state index contributed by atoms with van der Waals surface area (Å²) < 4.78 is 0. The molecule has 0 amide bonds. The number of carboxylic acid groups (broad SMARTS) is 2. The standard InChI is InChI=1S/C24H28O4/c25-23(26)21(22(24(27)28)20-10-4-5-11-20)12-6-7-17-13-15-19(16-14-17)18-8-2-1-3-9-18/h1-3,8-9,13-16,20-22H,4-7,10-12H2,(H,25,26)(H,27,28)/t21-,22+/m1/s1. The van der Waals surface area contributed by atoms with Crippen LogP contribution in [-0.2, 0) is 16.0 Å². The number of carbonyl (C=O) groups is 2. The third-order valence-electron chi connectivity index (χ3n) is 5.99. The lowest BCUT2D eigenvalue weighted by atomic mass is 9.78. The van der Waals surface area contributed by atoms with Crippen LogP contribution in [0.1, 0.15) is 44.1 Å². The van der Waals surface area contributed by atoms with Gasteiger partial charge in [0.15, 0.2) is 0 Å². The van der Waals surface area contributed by atoms with Gasteiger partial charge in [0.05, 0.1) is 11.8 Å². The van der Waals surface area contributed by atoms with Crippen molar-refractivity contribution in [2.24, 2.45) is 17.8 Å². The molecule has 2 aromatic rings. The quantitative estimate of drug-likeness (QED) is 0.621. The predicted octanol–water partition coefficient (Wildman–Crippen LogP) is 5.27. The SMILES string of the molecule is O=C(O)[C@H](CCCc1ccc(-c2ccccc2)cc1)[C@@H](C(=O)O)C1CCCC1. The van der Waals surface area contributed by atoms with Gasteiger partial charge in [-0.15, -0.1) is 0 Å². The summed E-state index contributed by atoms with van der Waals surface area (Å²) in [6.07, 6.45) is 5.53. The molecule has 1 fully saturated rings. The molecule has 28 heavy (non-hydrogen) atoms. The summed E-state index contributed by atoms with van der Waals surface area (Å²) >= 11 is 0. The van der Waals surface area contributed by atoms with E-state index in [0.29, 0.717) is 12.8 Å². The van der Waals surface area contributed by atoms with Gasteiger partial charge >= 0.3 is 11.9 Å². The summed E-state index contributed by atoms with van der Waals surface area (Å²) in [5.41, 5.74) is 3.47. The highest BCUT2D eigenvalue weighted by atomic mass is 16.4. The van der Waals surface area contributed by atoms with E-state index in [0.717, 1.165) is 43.2 Å². The van der Waals surface area contributed by atoms with Crippen LogP contribution >= 0.6 is 0 Å². The van der Waals surface area contributed by atoms with E-state index in [-0.39, 0.29) is 5.92 Å². The molecule has 148 valence electrons. The second-order valence-corrected chi connectivity index (χ2v) is 7.81. The van der Waals surface area contributed by atoms with Crippen molar-refractivity contribution in [1.82, 2.24) is 0 Å². The summed E-state index contributed by atoms with van der Waals surface area (Å²) in [6.45, 7) is 0. The van der Waals surface area contributed by atoms with Crippen LogP contribution in [0.25, 0.3) is 11.1 Å². The Kier molecular flexibility index (Phi) is 6.85. The maximum atomic E-state index is 11.8. The molecule has 0 aromatic heterocycles. The molecule has 0 spiro atoms. The van der Waals surface area contributed by atoms with Crippen LogP contribution in [-0.4, -0.2) is 22.2 Å². The number of benzene rings is 2. The summed E-state index contributed by atoms with van der Waals surface area (Å²) in [5.74, 6) is -3.49. The molecule has 1 aliphatic carbocycles. The average molecular weight is 380 g/mol. The van der Waals surface area contributed by atoms with Crippen molar-refractivity contribution >= 4 is 11.9 Å². The Morgan fingerprint density at radius 1 is 0.857 bits per heavy atom. The van der Waals surface area contributed by atoms with Crippen LogP contribution in [0.5, 0.6) is 0 Å². The number of rotatable bonds is 9. The third-order valence-corrected chi connectivity index (χ3v) is 5.99. The fraction of sp³-hybridized carbons (Fsp3) is 0.417. The van der Waals surface area contributed by atoms with Gasteiger partial charge in [0, 0.05) is 0 Å². The van der Waals surface area contributed by atoms with Crippen LogP contribution in [0, 0.1) is 17.8 Å². The third kappa shape index (κ3) is 5.00. The summed E-state index contributed by atoms with van der Waals surface area (Å²) in [5, 5.41) is 19.3. The lowest BCUT2D eigenvalue weighted by molar-refractivity contribution is -0.156. The number of carboxylic acids is 2. The smallest absolute Gasteiger partial charge is 0.307 e. The molecule has 1 aliphatic rings. The molecule has 4 nitrogen and oxygen atoms in total. The van der Waals surface area contributed by atoms with Crippen molar-refractivity contribution in [2.75, 3.05) is 0 Å². The molecule has 0 heterocycles. The van der Waals surface area contributed by atoms with E-state index in [9.17, 15) is 19.8 Å². The Morgan fingerprint density at radius 2 is 1.46 bits per heavy atom. The molecule has 0 bridgehead atoms. The Balaban J connectivity index is 1.60. The zero-order valence-corrected chi connectivity index (χ0v) is 16.1. The van der Waals surface area contributed by atoms with Crippen molar-refractivity contribution in [3.63, 3.8) is 0 Å². The van der Waals surface area contributed by atoms with E-state index in [4.69, 9.17) is 0 Å². The zero-order chi connectivity index (χ0) is 19.9. The second-order valence-electron chi connectivity index (χ2n) is 7.81. The van der Waals surface area contributed by atoms with E-state index in [1.54, 1.807) is 0 Å². The van der Waals surface area contributed by atoms with E-state index >= 15 is 0 Å². The molecule has 2 aromatic carbocycles. The maximum absolute atomic E-state index is 11.8. The summed E-state index contributed by atoms with van der Waals surface area (Å²) in [4.78, 5) is 23.6. The van der Waals surface area contributed by atoms with Gasteiger partial charge in [-0.25, -0.2) is 0 Å². The van der Waals surface area contributed by atoms with Crippen molar-refractivity contribution in [2.45, 2.75) is 44.9 Å². The molecule has 0 saturated heterocycles. The summed E-state index contributed by atoms with van der Waals surface area (Å²) in [7, 11) is 0. The van der Waals surface area contributed by atoms with Crippen molar-refractivity contribution in [1.29, 1.82) is 0 Å². The molecule has 3 rings (SSSR count). The highest BCUT2D eigenvalue weighted by molar-refractivity contribution is 5.80. The highest BCUT2D eigenvalue weighted by Gasteiger charge is 2.40. The minimum Gasteiger partial charge on any atom is -0.481 e. The normalized spacial score (nSPS) is 16.6. The largest absolute Gasteiger partial charge is 0.481 e. The number of aryl methyl sites for hydroxylation is 1. The molecular weight excluding hydrogens is 352 g/mol. The van der Waals surface area contributed by atoms with Gasteiger partial charge < -0.3 is 10.2 Å². The van der Waals surface area contributed by atoms with E-state index in [2.05, 4.69) is 36.4 Å². The molecule has 4 heteroatoms. The highest BCUT2D eigenvalue weighted by Crippen LogP contribution is 2.37. The first kappa shape index (κ1) is 20.1. The molecule has 0 unspecified atom stereocenters. The molecular formula is C24H28O4. The van der Waals surface area contributed by atoms with Crippen LogP contribution in [0.3, 0.4) is 0 Å². The monoisotopic (exact) mass is 380 g/mol. The van der Waals surface area contributed by atoms with Gasteiger partial charge in [-0.3, -0.25) is 9.59 Å². The van der Waals surface area contributed by atoms with Gasteiger partial charge in [0.25, 0.3) is 0 Å². The Hall–Kier alpha value is -2.62. The van der Waals surface area contributed by atoms with Crippen molar-refractivity contribution in [3.8, 4) is 11.1 Å². The topological polar surface area (TPSA) is 74.6 Å². The Morgan fingerprint density at radius 3 is 2.04 bits per heavy atom. The van der Waals surface area contributed by atoms with Gasteiger partial charge in [0.1, 0.15) is 0 Å². The van der Waals surface area contributed by atoms with Gasteiger partial charge in [-0.1, -0.05) is 67.4 Å². The second kappa shape index (κ2) is 9.54. The number of hydrogen-bond donors (Lipinski definition) is 2. The first-order chi connectivity index (χ1) is 13.6. The van der Waals surface area contributed by atoms with Crippen molar-refractivity contribution < 1.29 is 19.8 Å². The Labute approximate surface area is 166 Å². The first-order valence-corrected chi connectivity index (χ1v) is 10.2. The number of hydrogen-bond acceptors (Lipinski definition) is 2. The summed E-state index contributed by atoms with van der Waals surface area (Å²) in [6, 6.07) is 18.5. The minimum atomic E-state index is -0.973. The molecule has 0 aliphatic heterocycles. The Bertz CT molecular complexity index is 776. The van der Waals surface area contributed by atoms with E-state index < -0.39 is 23.8 Å². The number of aliphatic carboxylic acids is 2. The molecule has 0 radical (unpaired) electrons. The maximum Gasteiger partial charge on any atom is 0.307 e. The molecule has 2 atom stereocenters. The van der Waals surface area contributed by atoms with Gasteiger partial charge in [-0.05, 0) is 54.7 Å².